The standard InChI is InChI=1S/C5H14N3PS/c1-3-4-5-8-9(6,10)7-2/h2-5H2,1H3,(H3,6,8,10). The van der Waals surface area contributed by atoms with E-state index < -0.39 is 6.49 Å². The Morgan fingerprint density at radius 1 is 1.80 bits per heavy atom. The minimum absolute atomic E-state index is 0.850. The fourth-order valence-electron chi connectivity index (χ4n) is 0.466. The van der Waals surface area contributed by atoms with Crippen LogP contribution in [0.15, 0.2) is 4.76 Å². The average Bonchev–Trinajstić information content (AvgIpc) is 1.89. The lowest BCUT2D eigenvalue weighted by Gasteiger charge is -2.10. The lowest BCUT2D eigenvalue weighted by molar-refractivity contribution is 0.769. The lowest BCUT2D eigenvalue weighted by Crippen LogP contribution is -2.15. The molecule has 1 unspecified atom stereocenters. The molecule has 3 N–H and O–H groups in total. The molecule has 0 aliphatic rings. The fraction of sp³-hybridized carbons (Fsp3) is 0.800. The van der Waals surface area contributed by atoms with Crippen molar-refractivity contribution in [1.29, 1.82) is 0 Å². The van der Waals surface area contributed by atoms with E-state index >= 15 is 0 Å². The molecule has 0 aromatic rings. The Morgan fingerprint density at radius 3 is 2.80 bits per heavy atom. The van der Waals surface area contributed by atoms with Gasteiger partial charge < -0.3 is 0 Å². The normalized spacial score (nSPS) is 16.2. The maximum absolute atomic E-state index is 5.54. The van der Waals surface area contributed by atoms with Crippen LogP contribution in [0.3, 0.4) is 0 Å². The SMILES string of the molecule is C=NP(N)(=S)NCCCC. The molecule has 3 nitrogen and oxygen atoms in total. The molecule has 5 heteroatoms. The van der Waals surface area contributed by atoms with Gasteiger partial charge in [0.05, 0.1) is 0 Å². The predicted molar refractivity (Wildman–Crippen MR) is 50.9 cm³/mol. The Morgan fingerprint density at radius 2 is 2.40 bits per heavy atom. The molecular formula is C5H14N3PS. The van der Waals surface area contributed by atoms with Gasteiger partial charge in [0.15, 0.2) is 6.49 Å². The van der Waals surface area contributed by atoms with E-state index in [0.717, 1.165) is 19.4 Å². The van der Waals surface area contributed by atoms with Crippen LogP contribution in [0, 0.1) is 0 Å². The van der Waals surface area contributed by atoms with E-state index in [1.807, 2.05) is 0 Å². The van der Waals surface area contributed by atoms with Crippen LogP contribution in [-0.4, -0.2) is 13.3 Å². The number of nitrogens with one attached hydrogen (secondary N) is 1. The first-order chi connectivity index (χ1) is 4.62. The molecule has 0 aromatic carbocycles. The van der Waals surface area contributed by atoms with Crippen molar-refractivity contribution in [1.82, 2.24) is 5.09 Å². The summed E-state index contributed by atoms with van der Waals surface area (Å²) in [6.07, 6.45) is 2.23. The van der Waals surface area contributed by atoms with Gasteiger partial charge >= 0.3 is 0 Å². The third kappa shape index (κ3) is 5.06. The Balaban J connectivity index is 3.47. The average molecular weight is 179 g/mol. The number of nitrogens with two attached hydrogens (primary N) is 1. The van der Waals surface area contributed by atoms with Crippen LogP contribution in [0.25, 0.3) is 0 Å². The van der Waals surface area contributed by atoms with Gasteiger partial charge in [-0.2, -0.15) is 0 Å². The lowest BCUT2D eigenvalue weighted by atomic mass is 10.3. The first-order valence-corrected chi connectivity index (χ1v) is 6.07. The van der Waals surface area contributed by atoms with Crippen molar-refractivity contribution in [3.8, 4) is 0 Å². The third-order valence-electron chi connectivity index (χ3n) is 1.08. The van der Waals surface area contributed by atoms with Crippen molar-refractivity contribution in [3.05, 3.63) is 0 Å². The molecule has 1 atom stereocenters. The highest BCUT2D eigenvalue weighted by atomic mass is 32.4. The van der Waals surface area contributed by atoms with Gasteiger partial charge in [0.2, 0.25) is 0 Å². The molecule has 0 bridgehead atoms. The smallest absolute Gasteiger partial charge is 0.179 e. The van der Waals surface area contributed by atoms with Gasteiger partial charge in [-0.1, -0.05) is 13.3 Å². The van der Waals surface area contributed by atoms with E-state index in [1.165, 1.54) is 0 Å². The van der Waals surface area contributed by atoms with Crippen LogP contribution in [0.2, 0.25) is 0 Å². The molecule has 10 heavy (non-hydrogen) atoms. The fourth-order valence-corrected chi connectivity index (χ4v) is 1.32. The molecule has 0 radical (unpaired) electrons. The largest absolute Gasteiger partial charge is 0.274 e. The van der Waals surface area contributed by atoms with Gasteiger partial charge in [0.1, 0.15) is 0 Å². The molecule has 60 valence electrons. The molecular weight excluding hydrogens is 165 g/mol. The molecule has 0 saturated carbocycles. The van der Waals surface area contributed by atoms with Gasteiger partial charge in [0.25, 0.3) is 0 Å². The van der Waals surface area contributed by atoms with Gasteiger partial charge in [-0.05, 0) is 24.9 Å². The summed E-state index contributed by atoms with van der Waals surface area (Å²) in [5.41, 5.74) is 5.54. The summed E-state index contributed by atoms with van der Waals surface area (Å²) in [5, 5.41) is 2.98. The number of unbranched alkanes of at least 4 members (excludes halogenated alkanes) is 1. The van der Waals surface area contributed by atoms with Crippen molar-refractivity contribution >= 4 is 25.0 Å². The van der Waals surface area contributed by atoms with E-state index in [2.05, 4.69) is 23.5 Å². The minimum Gasteiger partial charge on any atom is -0.274 e. The highest BCUT2D eigenvalue weighted by molar-refractivity contribution is 8.11. The van der Waals surface area contributed by atoms with E-state index in [0.29, 0.717) is 0 Å². The molecule has 0 saturated heterocycles. The molecule has 0 spiro atoms. The summed E-state index contributed by atoms with van der Waals surface area (Å²) >= 11 is 4.91. The summed E-state index contributed by atoms with van der Waals surface area (Å²) in [5.74, 6) is 0. The molecule has 0 heterocycles. The van der Waals surface area contributed by atoms with Crippen LogP contribution < -0.4 is 10.6 Å². The van der Waals surface area contributed by atoms with Crippen LogP contribution >= 0.6 is 6.49 Å². The maximum Gasteiger partial charge on any atom is 0.179 e. The van der Waals surface area contributed by atoms with Crippen molar-refractivity contribution in [2.24, 2.45) is 10.3 Å². The molecule has 0 aromatic heterocycles. The summed E-state index contributed by atoms with van der Waals surface area (Å²) in [6.45, 7) is 4.18. The van der Waals surface area contributed by atoms with Gasteiger partial charge in [-0.25, -0.2) is 4.76 Å². The second-order valence-corrected chi connectivity index (χ2v) is 5.54. The highest BCUT2D eigenvalue weighted by Gasteiger charge is 2.02. The van der Waals surface area contributed by atoms with Crippen molar-refractivity contribution < 1.29 is 0 Å². The van der Waals surface area contributed by atoms with E-state index in [4.69, 9.17) is 17.3 Å². The second-order valence-electron chi connectivity index (χ2n) is 2.03. The molecule has 0 aliphatic heterocycles. The Bertz CT molecular complexity index is 148. The first-order valence-electron chi connectivity index (χ1n) is 3.24. The zero-order chi connectivity index (χ0) is 8.04. The number of hydrogen-bond acceptors (Lipinski definition) is 1. The molecule has 0 rings (SSSR count). The van der Waals surface area contributed by atoms with Crippen molar-refractivity contribution in [3.63, 3.8) is 0 Å². The van der Waals surface area contributed by atoms with Gasteiger partial charge in [-0.15, -0.1) is 0 Å². The predicted octanol–water partition coefficient (Wildman–Crippen LogP) is 1.26. The summed E-state index contributed by atoms with van der Waals surface area (Å²) in [4.78, 5) is 0. The monoisotopic (exact) mass is 179 g/mol. The van der Waals surface area contributed by atoms with E-state index in [9.17, 15) is 0 Å². The number of nitrogens with zero attached hydrogens (tertiary/aromatic N) is 1. The summed E-state index contributed by atoms with van der Waals surface area (Å²) in [7, 11) is 0. The Kier molecular flexibility index (Phi) is 5.09. The van der Waals surface area contributed by atoms with E-state index in [-0.39, 0.29) is 0 Å². The Labute approximate surface area is 67.3 Å². The number of rotatable bonds is 5. The van der Waals surface area contributed by atoms with Crippen LogP contribution in [0.4, 0.5) is 0 Å². The summed E-state index contributed by atoms with van der Waals surface area (Å²) < 4.78 is 3.63. The summed E-state index contributed by atoms with van der Waals surface area (Å²) in [6, 6.07) is 0. The van der Waals surface area contributed by atoms with Crippen molar-refractivity contribution in [2.45, 2.75) is 19.8 Å². The van der Waals surface area contributed by atoms with Gasteiger partial charge in [-0.3, -0.25) is 10.6 Å². The number of hydrogen-bond donors (Lipinski definition) is 2. The Hall–Kier alpha value is 0.240. The van der Waals surface area contributed by atoms with Crippen LogP contribution in [0.5, 0.6) is 0 Å². The van der Waals surface area contributed by atoms with Crippen LogP contribution in [-0.2, 0) is 11.8 Å². The maximum atomic E-state index is 5.54. The first kappa shape index (κ1) is 10.2. The zero-order valence-corrected chi connectivity index (χ0v) is 7.92. The second kappa shape index (κ2) is 4.97. The highest BCUT2D eigenvalue weighted by Crippen LogP contribution is 2.31. The molecule has 0 amide bonds. The minimum atomic E-state index is -2.11. The topological polar surface area (TPSA) is 50.4 Å². The third-order valence-corrected chi connectivity index (χ3v) is 2.91. The van der Waals surface area contributed by atoms with Crippen molar-refractivity contribution in [2.75, 3.05) is 6.54 Å². The zero-order valence-electron chi connectivity index (χ0n) is 6.21. The quantitative estimate of drug-likeness (QED) is 0.379. The van der Waals surface area contributed by atoms with Gasteiger partial charge in [0, 0.05) is 6.54 Å². The van der Waals surface area contributed by atoms with E-state index in [1.54, 1.807) is 0 Å². The molecule has 0 fully saturated rings. The van der Waals surface area contributed by atoms with Crippen LogP contribution in [0.1, 0.15) is 19.8 Å². The molecule has 0 aliphatic carbocycles.